The smallest absolute Gasteiger partial charge is 0.211 e. The largest absolute Gasteiger partial charge is 0.263 e. The molecular formula is C15H8Cl2N2O6S2. The van der Waals surface area contributed by atoms with E-state index in [9.17, 15) is 26.4 Å². The number of para-hydroxylation sites is 2. The highest BCUT2D eigenvalue weighted by molar-refractivity contribution is 8.14. The first kappa shape index (κ1) is 21.0. The van der Waals surface area contributed by atoms with Crippen molar-refractivity contribution in [2.24, 2.45) is 9.98 Å². The molecule has 0 unspecified atom stereocenters. The van der Waals surface area contributed by atoms with E-state index in [1.54, 1.807) is 0 Å². The van der Waals surface area contributed by atoms with Gasteiger partial charge in [-0.1, -0.05) is 24.3 Å². The maximum atomic E-state index is 11.7. The Hall–Kier alpha value is -2.32. The van der Waals surface area contributed by atoms with Crippen LogP contribution in [0.5, 0.6) is 0 Å². The lowest BCUT2D eigenvalue weighted by atomic mass is 10.0. The van der Waals surface area contributed by atoms with Crippen LogP contribution in [0.2, 0.25) is 0 Å². The molecule has 0 heterocycles. The van der Waals surface area contributed by atoms with Gasteiger partial charge in [-0.15, -0.1) is 0 Å². The van der Waals surface area contributed by atoms with Gasteiger partial charge in [-0.25, -0.2) is 26.4 Å². The number of nitrogens with zero attached hydrogens (tertiary/aromatic N) is 2. The Kier molecular flexibility index (Phi) is 6.33. The number of rotatable bonds is 6. The van der Waals surface area contributed by atoms with E-state index in [-0.39, 0.29) is 28.9 Å². The van der Waals surface area contributed by atoms with Crippen molar-refractivity contribution >= 4 is 63.0 Å². The molecule has 0 aliphatic heterocycles. The number of aliphatic imine (C=N–C) groups is 2. The monoisotopic (exact) mass is 446 g/mol. The van der Waals surface area contributed by atoms with Crippen molar-refractivity contribution in [2.75, 3.05) is 0 Å². The predicted octanol–water partition coefficient (Wildman–Crippen LogP) is 3.07. The molecule has 0 aromatic heterocycles. The van der Waals surface area contributed by atoms with Crippen molar-refractivity contribution in [1.29, 1.82) is 0 Å². The first-order valence-electron chi connectivity index (χ1n) is 6.88. The summed E-state index contributed by atoms with van der Waals surface area (Å²) in [6, 6.07) is 7.90. The van der Waals surface area contributed by atoms with E-state index in [4.69, 9.17) is 21.4 Å². The highest BCUT2D eigenvalue weighted by Gasteiger charge is 2.22. The van der Waals surface area contributed by atoms with Gasteiger partial charge >= 0.3 is 0 Å². The molecule has 2 aromatic carbocycles. The van der Waals surface area contributed by atoms with Gasteiger partial charge < -0.3 is 0 Å². The van der Waals surface area contributed by atoms with Crippen LogP contribution >= 0.6 is 21.4 Å². The molecule has 140 valence electrons. The fraction of sp³-hybridized carbons (Fsp3) is 0.0667. The van der Waals surface area contributed by atoms with E-state index in [1.165, 1.54) is 36.4 Å². The zero-order valence-corrected chi connectivity index (χ0v) is 16.2. The van der Waals surface area contributed by atoms with E-state index in [1.807, 2.05) is 0 Å². The Morgan fingerprint density at radius 3 is 1.41 bits per heavy atom. The van der Waals surface area contributed by atoms with E-state index in [2.05, 4.69) is 9.98 Å². The molecule has 2 rings (SSSR count). The van der Waals surface area contributed by atoms with Gasteiger partial charge in [0.2, 0.25) is 12.2 Å². The number of carbonyl (C=O) groups excluding carboxylic acids is 2. The van der Waals surface area contributed by atoms with Crippen LogP contribution in [-0.4, -0.2) is 29.0 Å². The molecule has 0 aliphatic carbocycles. The molecular weight excluding hydrogens is 439 g/mol. The standard InChI is InChI=1S/C15H8Cl2N2O6S2/c16-26(22,23)12-5-1-3-10(14(12)18-8-20)7-11-4-2-6-13(27(17,24)25)15(11)19-9-21/h1-6H,7H2. The van der Waals surface area contributed by atoms with Crippen molar-refractivity contribution in [2.45, 2.75) is 16.2 Å². The number of isocyanates is 2. The van der Waals surface area contributed by atoms with Crippen molar-refractivity contribution in [3.8, 4) is 0 Å². The molecule has 0 fully saturated rings. The third-order valence-electron chi connectivity index (χ3n) is 3.39. The first-order chi connectivity index (χ1) is 12.6. The average Bonchev–Trinajstić information content (AvgIpc) is 2.56. The maximum Gasteiger partial charge on any atom is 0.263 e. The summed E-state index contributed by atoms with van der Waals surface area (Å²) in [6.45, 7) is 0. The lowest BCUT2D eigenvalue weighted by Gasteiger charge is -2.11. The van der Waals surface area contributed by atoms with Crippen molar-refractivity contribution in [3.05, 3.63) is 47.5 Å². The molecule has 0 amide bonds. The van der Waals surface area contributed by atoms with Gasteiger partial charge in [-0.05, 0) is 23.3 Å². The molecule has 0 radical (unpaired) electrons. The van der Waals surface area contributed by atoms with Crippen molar-refractivity contribution in [1.82, 2.24) is 0 Å². The molecule has 0 spiro atoms. The van der Waals surface area contributed by atoms with Gasteiger partial charge in [-0.2, -0.15) is 9.98 Å². The molecule has 0 saturated carbocycles. The minimum absolute atomic E-state index is 0.137. The summed E-state index contributed by atoms with van der Waals surface area (Å²) in [5, 5.41) is 0. The summed E-state index contributed by atoms with van der Waals surface area (Å²) in [4.78, 5) is 27.4. The minimum atomic E-state index is -4.23. The van der Waals surface area contributed by atoms with E-state index < -0.39 is 27.9 Å². The van der Waals surface area contributed by atoms with Crippen LogP contribution in [0.3, 0.4) is 0 Å². The molecule has 2 aromatic rings. The molecule has 8 nitrogen and oxygen atoms in total. The Morgan fingerprint density at radius 2 is 1.11 bits per heavy atom. The van der Waals surface area contributed by atoms with Crippen LogP contribution in [-0.2, 0) is 34.1 Å². The Bertz CT molecular complexity index is 1120. The summed E-state index contributed by atoms with van der Waals surface area (Å²) in [7, 11) is 2.26. The van der Waals surface area contributed by atoms with Gasteiger partial charge in [0.15, 0.2) is 0 Å². The third kappa shape index (κ3) is 4.90. The lowest BCUT2D eigenvalue weighted by molar-refractivity contribution is 0.564. The number of halogens is 2. The van der Waals surface area contributed by atoms with Crippen LogP contribution in [0.25, 0.3) is 0 Å². The Morgan fingerprint density at radius 1 is 0.741 bits per heavy atom. The molecule has 0 bridgehead atoms. The van der Waals surface area contributed by atoms with Crippen molar-refractivity contribution < 1.29 is 26.4 Å². The fourth-order valence-electron chi connectivity index (χ4n) is 2.36. The van der Waals surface area contributed by atoms with Crippen molar-refractivity contribution in [3.63, 3.8) is 0 Å². The summed E-state index contributed by atoms with van der Waals surface area (Å²) in [5.41, 5.74) is -0.122. The second-order valence-corrected chi connectivity index (χ2v) is 10.1. The van der Waals surface area contributed by atoms with Gasteiger partial charge in [0.1, 0.15) is 9.79 Å². The summed E-state index contributed by atoms with van der Waals surface area (Å²) >= 11 is 0. The minimum Gasteiger partial charge on any atom is -0.211 e. The Balaban J connectivity index is 2.76. The van der Waals surface area contributed by atoms with Gasteiger partial charge in [-0.3, -0.25) is 0 Å². The summed E-state index contributed by atoms with van der Waals surface area (Å²) in [6.07, 6.45) is 2.36. The van der Waals surface area contributed by atoms with Crippen LogP contribution in [0.4, 0.5) is 11.4 Å². The lowest BCUT2D eigenvalue weighted by Crippen LogP contribution is -1.99. The van der Waals surface area contributed by atoms with Crippen LogP contribution in [0.1, 0.15) is 11.1 Å². The van der Waals surface area contributed by atoms with Gasteiger partial charge in [0, 0.05) is 27.8 Å². The maximum absolute atomic E-state index is 11.7. The van der Waals surface area contributed by atoms with Crippen LogP contribution in [0, 0.1) is 0 Å². The quantitative estimate of drug-likeness (QED) is 0.381. The topological polar surface area (TPSA) is 127 Å². The molecule has 0 aliphatic rings. The highest BCUT2D eigenvalue weighted by Crippen LogP contribution is 2.36. The predicted molar refractivity (Wildman–Crippen MR) is 97.3 cm³/mol. The molecule has 27 heavy (non-hydrogen) atoms. The zero-order chi connectivity index (χ0) is 20.2. The number of hydrogen-bond acceptors (Lipinski definition) is 8. The van der Waals surface area contributed by atoms with Gasteiger partial charge in [0.05, 0.1) is 11.4 Å². The Labute approximate surface area is 163 Å². The summed E-state index contributed by atoms with van der Waals surface area (Å²) in [5.74, 6) is 0. The summed E-state index contributed by atoms with van der Waals surface area (Å²) < 4.78 is 46.8. The normalized spacial score (nSPS) is 11.3. The second-order valence-electron chi connectivity index (χ2n) is 4.99. The fourth-order valence-corrected chi connectivity index (χ4v) is 4.41. The number of hydrogen-bond donors (Lipinski definition) is 0. The molecule has 0 saturated heterocycles. The highest BCUT2D eigenvalue weighted by atomic mass is 35.7. The first-order valence-corrected chi connectivity index (χ1v) is 11.5. The van der Waals surface area contributed by atoms with Crippen LogP contribution < -0.4 is 0 Å². The van der Waals surface area contributed by atoms with E-state index in [0.29, 0.717) is 0 Å². The molecule has 12 heteroatoms. The second kappa shape index (κ2) is 8.14. The van der Waals surface area contributed by atoms with Gasteiger partial charge in [0.25, 0.3) is 18.1 Å². The SMILES string of the molecule is O=C=Nc1c(Cc2cccc(S(=O)(=O)Cl)c2N=C=O)cccc1S(=O)(=O)Cl. The molecule has 0 atom stereocenters. The van der Waals surface area contributed by atoms with Crippen LogP contribution in [0.15, 0.2) is 56.2 Å². The average molecular weight is 447 g/mol. The van der Waals surface area contributed by atoms with E-state index in [0.717, 1.165) is 12.1 Å². The zero-order valence-electron chi connectivity index (χ0n) is 13.1. The third-order valence-corrected chi connectivity index (χ3v) is 6.09. The number of benzene rings is 2. The molecule has 0 N–H and O–H groups in total. The van der Waals surface area contributed by atoms with E-state index >= 15 is 0 Å².